The van der Waals surface area contributed by atoms with Crippen molar-refractivity contribution in [3.8, 4) is 11.5 Å². The van der Waals surface area contributed by atoms with Crippen molar-refractivity contribution in [1.29, 1.82) is 0 Å². The number of hydrogen-bond acceptors (Lipinski definition) is 4. The summed E-state index contributed by atoms with van der Waals surface area (Å²) in [6.45, 7) is 0.125. The van der Waals surface area contributed by atoms with E-state index in [4.69, 9.17) is 26.2 Å². The van der Waals surface area contributed by atoms with Gasteiger partial charge in [-0.1, -0.05) is 17.7 Å². The second-order valence-electron chi connectivity index (χ2n) is 5.24. The van der Waals surface area contributed by atoms with E-state index in [-0.39, 0.29) is 19.1 Å². The van der Waals surface area contributed by atoms with E-state index in [2.05, 4.69) is 5.32 Å². The monoisotopic (exact) mass is 347 g/mol. The molecule has 1 atom stereocenters. The van der Waals surface area contributed by atoms with Crippen LogP contribution in [0.2, 0.25) is 5.02 Å². The molecule has 0 aliphatic carbocycles. The van der Waals surface area contributed by atoms with Crippen LogP contribution in [-0.4, -0.2) is 23.8 Å². The fourth-order valence-corrected chi connectivity index (χ4v) is 2.53. The molecule has 0 bridgehead atoms. The minimum absolute atomic E-state index is 0.125. The number of fused-ring (bicyclic) bond motifs is 1. The number of rotatable bonds is 5. The van der Waals surface area contributed by atoms with Crippen LogP contribution in [0.3, 0.4) is 0 Å². The molecule has 1 amide bonds. The molecule has 0 radical (unpaired) electrons. The maximum atomic E-state index is 12.4. The van der Waals surface area contributed by atoms with E-state index in [1.165, 1.54) is 0 Å². The van der Waals surface area contributed by atoms with Crippen LogP contribution in [0.1, 0.15) is 28.4 Å². The van der Waals surface area contributed by atoms with Crippen molar-refractivity contribution in [3.63, 3.8) is 0 Å². The molecule has 1 aliphatic heterocycles. The Morgan fingerprint density at radius 1 is 1.12 bits per heavy atom. The minimum Gasteiger partial charge on any atom is -0.481 e. The average Bonchev–Trinajstić information content (AvgIpc) is 3.02. The van der Waals surface area contributed by atoms with E-state index in [9.17, 15) is 9.59 Å². The Labute approximate surface area is 143 Å². The van der Waals surface area contributed by atoms with Crippen molar-refractivity contribution in [1.82, 2.24) is 5.32 Å². The van der Waals surface area contributed by atoms with Gasteiger partial charge >= 0.3 is 5.97 Å². The molecule has 1 aliphatic rings. The van der Waals surface area contributed by atoms with E-state index >= 15 is 0 Å². The lowest BCUT2D eigenvalue weighted by Crippen LogP contribution is -2.30. The Hall–Kier alpha value is -2.73. The van der Waals surface area contributed by atoms with E-state index in [0.29, 0.717) is 27.6 Å². The Morgan fingerprint density at radius 3 is 2.54 bits per heavy atom. The lowest BCUT2D eigenvalue weighted by Gasteiger charge is -2.18. The lowest BCUT2D eigenvalue weighted by molar-refractivity contribution is -0.137. The van der Waals surface area contributed by atoms with Crippen LogP contribution in [0, 0.1) is 0 Å². The summed E-state index contributed by atoms with van der Waals surface area (Å²) >= 11 is 5.81. The van der Waals surface area contributed by atoms with Gasteiger partial charge in [-0.05, 0) is 42.0 Å². The van der Waals surface area contributed by atoms with Gasteiger partial charge in [0.25, 0.3) is 5.91 Å². The molecular weight excluding hydrogens is 334 g/mol. The first kappa shape index (κ1) is 16.1. The summed E-state index contributed by atoms with van der Waals surface area (Å²) < 4.78 is 10.5. The van der Waals surface area contributed by atoms with Crippen molar-refractivity contribution in [2.45, 2.75) is 12.5 Å². The molecule has 124 valence electrons. The van der Waals surface area contributed by atoms with Gasteiger partial charge in [0.15, 0.2) is 11.5 Å². The third kappa shape index (κ3) is 3.60. The van der Waals surface area contributed by atoms with Crippen molar-refractivity contribution >= 4 is 23.5 Å². The van der Waals surface area contributed by atoms with Crippen molar-refractivity contribution in [2.24, 2.45) is 0 Å². The third-order valence-corrected chi connectivity index (χ3v) is 3.84. The number of carboxylic acid groups (broad SMARTS) is 1. The van der Waals surface area contributed by atoms with Gasteiger partial charge in [-0.25, -0.2) is 0 Å². The SMILES string of the molecule is O=C(O)CC(NC(=O)c1ccc(Cl)cc1)c1ccc2c(c1)OCO2. The van der Waals surface area contributed by atoms with Crippen LogP contribution >= 0.6 is 11.6 Å². The van der Waals surface area contributed by atoms with Gasteiger partial charge in [0, 0.05) is 10.6 Å². The molecule has 1 heterocycles. The first-order valence-electron chi connectivity index (χ1n) is 7.20. The second kappa shape index (κ2) is 6.80. The summed E-state index contributed by atoms with van der Waals surface area (Å²) in [5.41, 5.74) is 1.03. The number of benzene rings is 2. The lowest BCUT2D eigenvalue weighted by atomic mass is 10.0. The molecule has 0 fully saturated rings. The summed E-state index contributed by atoms with van der Waals surface area (Å²) in [6, 6.07) is 10.7. The number of nitrogens with one attached hydrogen (secondary N) is 1. The molecule has 7 heteroatoms. The smallest absolute Gasteiger partial charge is 0.305 e. The number of aliphatic carboxylic acids is 1. The highest BCUT2D eigenvalue weighted by Gasteiger charge is 2.22. The van der Waals surface area contributed by atoms with Crippen LogP contribution in [0.4, 0.5) is 0 Å². The molecule has 0 aromatic heterocycles. The Kier molecular flexibility index (Phi) is 4.57. The van der Waals surface area contributed by atoms with Gasteiger partial charge in [0.05, 0.1) is 12.5 Å². The van der Waals surface area contributed by atoms with Gasteiger partial charge in [-0.15, -0.1) is 0 Å². The Balaban J connectivity index is 1.82. The van der Waals surface area contributed by atoms with Crippen molar-refractivity contribution < 1.29 is 24.2 Å². The third-order valence-electron chi connectivity index (χ3n) is 3.59. The first-order chi connectivity index (χ1) is 11.5. The largest absolute Gasteiger partial charge is 0.481 e. The molecule has 0 spiro atoms. The van der Waals surface area contributed by atoms with Crippen LogP contribution in [0.25, 0.3) is 0 Å². The number of carbonyl (C=O) groups excluding carboxylic acids is 1. The van der Waals surface area contributed by atoms with Gasteiger partial charge in [0.2, 0.25) is 6.79 Å². The highest BCUT2D eigenvalue weighted by atomic mass is 35.5. The summed E-state index contributed by atoms with van der Waals surface area (Å²) in [5.74, 6) is -0.273. The molecule has 1 unspecified atom stereocenters. The Bertz CT molecular complexity index is 775. The quantitative estimate of drug-likeness (QED) is 0.868. The fourth-order valence-electron chi connectivity index (χ4n) is 2.40. The average molecular weight is 348 g/mol. The fraction of sp³-hybridized carbons (Fsp3) is 0.176. The molecular formula is C17H14ClNO5. The highest BCUT2D eigenvalue weighted by Crippen LogP contribution is 2.34. The molecule has 2 N–H and O–H groups in total. The predicted octanol–water partition coefficient (Wildman–Crippen LogP) is 3.01. The normalized spacial score (nSPS) is 13.4. The number of carboxylic acids is 1. The highest BCUT2D eigenvalue weighted by molar-refractivity contribution is 6.30. The van der Waals surface area contributed by atoms with E-state index in [1.54, 1.807) is 42.5 Å². The zero-order chi connectivity index (χ0) is 17.1. The van der Waals surface area contributed by atoms with Crippen molar-refractivity contribution in [3.05, 3.63) is 58.6 Å². The van der Waals surface area contributed by atoms with E-state index in [1.807, 2.05) is 0 Å². The molecule has 2 aromatic rings. The first-order valence-corrected chi connectivity index (χ1v) is 7.58. The number of amides is 1. The molecule has 0 saturated heterocycles. The molecule has 24 heavy (non-hydrogen) atoms. The van der Waals surface area contributed by atoms with Gasteiger partial charge < -0.3 is 19.9 Å². The van der Waals surface area contributed by atoms with Crippen LogP contribution < -0.4 is 14.8 Å². The number of halogens is 1. The minimum atomic E-state index is -1.02. The van der Waals surface area contributed by atoms with Crippen LogP contribution in [-0.2, 0) is 4.79 Å². The van der Waals surface area contributed by atoms with Crippen LogP contribution in [0.5, 0.6) is 11.5 Å². The predicted molar refractivity (Wildman–Crippen MR) is 86.5 cm³/mol. The number of hydrogen-bond donors (Lipinski definition) is 2. The summed E-state index contributed by atoms with van der Waals surface area (Å²) in [6.07, 6.45) is -0.251. The molecule has 0 saturated carbocycles. The zero-order valence-corrected chi connectivity index (χ0v) is 13.2. The second-order valence-corrected chi connectivity index (χ2v) is 5.68. The maximum Gasteiger partial charge on any atom is 0.305 e. The molecule has 3 rings (SSSR count). The standard InChI is InChI=1S/C17H14ClNO5/c18-12-4-1-10(2-5-12)17(22)19-13(8-16(20)21)11-3-6-14-15(7-11)24-9-23-14/h1-7,13H,8-9H2,(H,19,22)(H,20,21). The maximum absolute atomic E-state index is 12.4. The topological polar surface area (TPSA) is 84.9 Å². The van der Waals surface area contributed by atoms with Crippen molar-refractivity contribution in [2.75, 3.05) is 6.79 Å². The number of carbonyl (C=O) groups is 2. The van der Waals surface area contributed by atoms with Gasteiger partial charge in [-0.3, -0.25) is 9.59 Å². The molecule has 2 aromatic carbocycles. The summed E-state index contributed by atoms with van der Waals surface area (Å²) in [5, 5.41) is 12.4. The molecule has 6 nitrogen and oxygen atoms in total. The van der Waals surface area contributed by atoms with E-state index < -0.39 is 12.0 Å². The van der Waals surface area contributed by atoms with Gasteiger partial charge in [0.1, 0.15) is 0 Å². The number of ether oxygens (including phenoxy) is 2. The van der Waals surface area contributed by atoms with Crippen LogP contribution in [0.15, 0.2) is 42.5 Å². The van der Waals surface area contributed by atoms with E-state index in [0.717, 1.165) is 0 Å². The van der Waals surface area contributed by atoms with Gasteiger partial charge in [-0.2, -0.15) is 0 Å². The summed E-state index contributed by atoms with van der Waals surface area (Å²) in [7, 11) is 0. The Morgan fingerprint density at radius 2 is 1.83 bits per heavy atom. The summed E-state index contributed by atoms with van der Waals surface area (Å²) in [4.78, 5) is 23.5. The zero-order valence-electron chi connectivity index (χ0n) is 12.5.